The van der Waals surface area contributed by atoms with E-state index in [1.807, 2.05) is 0 Å². The maximum absolute atomic E-state index is 12.0. The van der Waals surface area contributed by atoms with E-state index in [0.717, 1.165) is 19.3 Å². The van der Waals surface area contributed by atoms with Crippen molar-refractivity contribution in [2.24, 2.45) is 18.7 Å². The third-order valence-electron chi connectivity index (χ3n) is 3.88. The molecule has 3 N–H and O–H groups in total. The van der Waals surface area contributed by atoms with Crippen LogP contribution in [0.15, 0.2) is 17.2 Å². The molecule has 0 radical (unpaired) electrons. The fourth-order valence-corrected chi connectivity index (χ4v) is 2.84. The van der Waals surface area contributed by atoms with E-state index in [1.54, 1.807) is 19.4 Å². The Balaban J connectivity index is 2.25. The molecule has 2 unspecified atom stereocenters. The van der Waals surface area contributed by atoms with Gasteiger partial charge < -0.3 is 15.6 Å². The van der Waals surface area contributed by atoms with Crippen LogP contribution in [0.1, 0.15) is 32.6 Å². The third kappa shape index (κ3) is 2.56. The van der Waals surface area contributed by atoms with Gasteiger partial charge in [0.2, 0.25) is 0 Å². The lowest BCUT2D eigenvalue weighted by molar-refractivity contribution is 0.263. The van der Waals surface area contributed by atoms with E-state index >= 15 is 0 Å². The van der Waals surface area contributed by atoms with E-state index in [1.165, 1.54) is 11.0 Å². The highest BCUT2D eigenvalue weighted by Crippen LogP contribution is 2.33. The van der Waals surface area contributed by atoms with Crippen LogP contribution < -0.4 is 16.6 Å². The Labute approximate surface area is 107 Å². The van der Waals surface area contributed by atoms with Crippen LogP contribution in [0.5, 0.6) is 0 Å². The zero-order valence-electron chi connectivity index (χ0n) is 11.1. The van der Waals surface area contributed by atoms with E-state index in [4.69, 9.17) is 5.73 Å². The lowest BCUT2D eigenvalue weighted by atomic mass is 9.76. The zero-order valence-corrected chi connectivity index (χ0v) is 11.1. The van der Waals surface area contributed by atoms with Crippen molar-refractivity contribution in [2.45, 2.75) is 38.1 Å². The Morgan fingerprint density at radius 3 is 3.11 bits per heavy atom. The zero-order chi connectivity index (χ0) is 13.2. The van der Waals surface area contributed by atoms with Gasteiger partial charge in [0.15, 0.2) is 5.82 Å². The number of nitrogens with one attached hydrogen (secondary N) is 1. The second-order valence-corrected chi connectivity index (χ2v) is 5.50. The average molecular weight is 250 g/mol. The van der Waals surface area contributed by atoms with Crippen LogP contribution in [0.3, 0.4) is 0 Å². The van der Waals surface area contributed by atoms with Crippen molar-refractivity contribution in [3.05, 3.63) is 22.7 Å². The number of nitrogens with two attached hydrogens (primary N) is 1. The first-order chi connectivity index (χ1) is 8.56. The molecule has 0 spiro atoms. The van der Waals surface area contributed by atoms with Gasteiger partial charge in [-0.2, -0.15) is 0 Å². The topological polar surface area (TPSA) is 72.9 Å². The summed E-state index contributed by atoms with van der Waals surface area (Å²) < 4.78 is 1.53. The van der Waals surface area contributed by atoms with Crippen LogP contribution in [0.2, 0.25) is 0 Å². The minimum Gasteiger partial charge on any atom is -0.359 e. The van der Waals surface area contributed by atoms with Crippen molar-refractivity contribution in [2.75, 3.05) is 11.9 Å². The Kier molecular flexibility index (Phi) is 3.71. The first kappa shape index (κ1) is 13.1. The smallest absolute Gasteiger partial charge is 0.293 e. The molecule has 100 valence electrons. The predicted molar refractivity (Wildman–Crippen MR) is 72.5 cm³/mol. The van der Waals surface area contributed by atoms with Crippen LogP contribution in [0, 0.1) is 5.92 Å². The summed E-state index contributed by atoms with van der Waals surface area (Å²) in [6, 6.07) is 0. The maximum Gasteiger partial charge on any atom is 0.293 e. The highest BCUT2D eigenvalue weighted by molar-refractivity contribution is 5.35. The molecule has 0 bridgehead atoms. The first-order valence-corrected chi connectivity index (χ1v) is 6.56. The van der Waals surface area contributed by atoms with Gasteiger partial charge >= 0.3 is 0 Å². The minimum absolute atomic E-state index is 0.0939. The van der Waals surface area contributed by atoms with Gasteiger partial charge in [-0.15, -0.1) is 0 Å². The summed E-state index contributed by atoms with van der Waals surface area (Å²) in [6.07, 6.45) is 7.70. The molecule has 1 saturated carbocycles. The summed E-state index contributed by atoms with van der Waals surface area (Å²) in [5.74, 6) is 1.06. The molecule has 0 saturated heterocycles. The van der Waals surface area contributed by atoms with Crippen molar-refractivity contribution in [1.29, 1.82) is 0 Å². The van der Waals surface area contributed by atoms with Gasteiger partial charge in [-0.3, -0.25) is 4.79 Å². The van der Waals surface area contributed by atoms with Crippen molar-refractivity contribution in [1.82, 2.24) is 9.55 Å². The van der Waals surface area contributed by atoms with Crippen LogP contribution in [-0.4, -0.2) is 21.6 Å². The van der Waals surface area contributed by atoms with Crippen LogP contribution in [0.25, 0.3) is 0 Å². The standard InChI is InChI=1S/C13H22N4O/c1-10-4-3-5-13(8-10,9-14)16-11-12(18)17(2)7-6-15-11/h6-7,10H,3-5,8-9,14H2,1-2H3,(H,15,16). The van der Waals surface area contributed by atoms with E-state index in [2.05, 4.69) is 17.2 Å². The molecule has 5 nitrogen and oxygen atoms in total. The fraction of sp³-hybridized carbons (Fsp3) is 0.692. The molecule has 1 aromatic heterocycles. The van der Waals surface area contributed by atoms with E-state index in [9.17, 15) is 4.79 Å². The first-order valence-electron chi connectivity index (χ1n) is 6.56. The van der Waals surface area contributed by atoms with Crippen LogP contribution in [-0.2, 0) is 7.05 Å². The van der Waals surface area contributed by atoms with Gasteiger partial charge in [-0.05, 0) is 18.8 Å². The number of aryl methyl sites for hydroxylation is 1. The molecule has 0 amide bonds. The van der Waals surface area contributed by atoms with Crippen LogP contribution in [0.4, 0.5) is 5.82 Å². The number of nitrogens with zero attached hydrogens (tertiary/aromatic N) is 2. The summed E-state index contributed by atoms with van der Waals surface area (Å²) in [6.45, 7) is 2.78. The van der Waals surface area contributed by atoms with Crippen molar-refractivity contribution in [3.63, 3.8) is 0 Å². The summed E-state index contributed by atoms with van der Waals surface area (Å²) in [4.78, 5) is 16.1. The molecular weight excluding hydrogens is 228 g/mol. The van der Waals surface area contributed by atoms with Crippen molar-refractivity contribution < 1.29 is 0 Å². The molecule has 1 fully saturated rings. The van der Waals surface area contributed by atoms with Gasteiger partial charge in [0, 0.05) is 26.0 Å². The number of hydrogen-bond donors (Lipinski definition) is 2. The SMILES string of the molecule is CC1CCCC(CN)(Nc2nccn(C)c2=O)C1. The fourth-order valence-electron chi connectivity index (χ4n) is 2.84. The van der Waals surface area contributed by atoms with E-state index in [-0.39, 0.29) is 11.1 Å². The largest absolute Gasteiger partial charge is 0.359 e. The molecule has 1 aliphatic rings. The predicted octanol–water partition coefficient (Wildman–Crippen LogP) is 1.10. The van der Waals surface area contributed by atoms with Gasteiger partial charge in [-0.25, -0.2) is 4.98 Å². The van der Waals surface area contributed by atoms with Gasteiger partial charge in [-0.1, -0.05) is 19.8 Å². The molecule has 0 aromatic carbocycles. The van der Waals surface area contributed by atoms with Crippen LogP contribution >= 0.6 is 0 Å². The summed E-state index contributed by atoms with van der Waals surface area (Å²) in [5.41, 5.74) is 5.67. The maximum atomic E-state index is 12.0. The summed E-state index contributed by atoms with van der Waals surface area (Å²) >= 11 is 0. The Hall–Kier alpha value is -1.36. The van der Waals surface area contributed by atoms with E-state index < -0.39 is 0 Å². The molecule has 1 aromatic rings. The normalized spacial score (nSPS) is 28.1. The van der Waals surface area contributed by atoms with Gasteiger partial charge in [0.1, 0.15) is 0 Å². The van der Waals surface area contributed by atoms with Gasteiger partial charge in [0.25, 0.3) is 5.56 Å². The van der Waals surface area contributed by atoms with E-state index in [0.29, 0.717) is 18.3 Å². The second-order valence-electron chi connectivity index (χ2n) is 5.50. The van der Waals surface area contributed by atoms with Crippen molar-refractivity contribution in [3.8, 4) is 0 Å². The Morgan fingerprint density at radius 1 is 1.67 bits per heavy atom. The lowest BCUT2D eigenvalue weighted by Crippen LogP contribution is -2.50. The number of aromatic nitrogens is 2. The number of rotatable bonds is 3. The third-order valence-corrected chi connectivity index (χ3v) is 3.88. The Morgan fingerprint density at radius 2 is 2.44 bits per heavy atom. The highest BCUT2D eigenvalue weighted by atomic mass is 16.1. The van der Waals surface area contributed by atoms with Crippen molar-refractivity contribution >= 4 is 5.82 Å². The molecule has 1 aliphatic carbocycles. The Bertz CT molecular complexity index is 470. The number of hydrogen-bond acceptors (Lipinski definition) is 4. The summed E-state index contributed by atoms with van der Waals surface area (Å²) in [5, 5.41) is 3.31. The molecule has 1 heterocycles. The quantitative estimate of drug-likeness (QED) is 0.842. The molecule has 2 atom stereocenters. The monoisotopic (exact) mass is 250 g/mol. The lowest BCUT2D eigenvalue weighted by Gasteiger charge is -2.40. The summed E-state index contributed by atoms with van der Waals surface area (Å²) in [7, 11) is 1.73. The van der Waals surface area contributed by atoms with Gasteiger partial charge in [0.05, 0.1) is 5.54 Å². The molecule has 5 heteroatoms. The second kappa shape index (κ2) is 5.10. The average Bonchev–Trinajstić information content (AvgIpc) is 2.35. The minimum atomic E-state index is -0.168. The number of anilines is 1. The molecular formula is C13H22N4O. The molecule has 0 aliphatic heterocycles. The molecule has 2 rings (SSSR count). The molecule has 18 heavy (non-hydrogen) atoms. The highest BCUT2D eigenvalue weighted by Gasteiger charge is 2.34.